The molecule has 3 heteroatoms. The molecule has 0 aromatic heterocycles. The third-order valence-electron chi connectivity index (χ3n) is 4.00. The molecule has 0 heterocycles. The standard InChI is InChI=1S/C15H19FN2/c1-2-12-7-9-15(11-17,10-8-12)18-14-6-4-3-5-13(14)16/h3-6,12,18H,2,7-10H2,1H3. The van der Waals surface area contributed by atoms with Crippen LogP contribution in [0.1, 0.15) is 39.0 Å². The van der Waals surface area contributed by atoms with E-state index in [-0.39, 0.29) is 5.82 Å². The maximum atomic E-state index is 13.6. The van der Waals surface area contributed by atoms with Gasteiger partial charge in [-0.2, -0.15) is 5.26 Å². The Bertz CT molecular complexity index is 442. The summed E-state index contributed by atoms with van der Waals surface area (Å²) in [4.78, 5) is 0. The highest BCUT2D eigenvalue weighted by atomic mass is 19.1. The molecule has 2 rings (SSSR count). The molecule has 0 unspecified atom stereocenters. The molecule has 96 valence electrons. The smallest absolute Gasteiger partial charge is 0.146 e. The van der Waals surface area contributed by atoms with E-state index in [0.29, 0.717) is 11.6 Å². The lowest BCUT2D eigenvalue weighted by Gasteiger charge is -2.36. The number of hydrogen-bond donors (Lipinski definition) is 1. The monoisotopic (exact) mass is 246 g/mol. The minimum absolute atomic E-state index is 0.287. The summed E-state index contributed by atoms with van der Waals surface area (Å²) in [5, 5.41) is 12.5. The Morgan fingerprint density at radius 2 is 2.06 bits per heavy atom. The van der Waals surface area contributed by atoms with Crippen molar-refractivity contribution < 1.29 is 4.39 Å². The van der Waals surface area contributed by atoms with Crippen LogP contribution in [0.4, 0.5) is 10.1 Å². The van der Waals surface area contributed by atoms with E-state index in [1.807, 2.05) is 0 Å². The molecule has 0 aliphatic heterocycles. The van der Waals surface area contributed by atoms with Crippen molar-refractivity contribution in [2.24, 2.45) is 5.92 Å². The third-order valence-corrected chi connectivity index (χ3v) is 4.00. The maximum Gasteiger partial charge on any atom is 0.146 e. The maximum absolute atomic E-state index is 13.6. The zero-order valence-corrected chi connectivity index (χ0v) is 10.7. The Morgan fingerprint density at radius 3 is 2.61 bits per heavy atom. The van der Waals surface area contributed by atoms with Gasteiger partial charge in [-0.15, -0.1) is 0 Å². The number of halogens is 1. The molecular weight excluding hydrogens is 227 g/mol. The Kier molecular flexibility index (Phi) is 3.86. The van der Waals surface area contributed by atoms with Crippen LogP contribution in [0.25, 0.3) is 0 Å². The molecule has 0 bridgehead atoms. The van der Waals surface area contributed by atoms with Gasteiger partial charge in [-0.05, 0) is 43.7 Å². The number of para-hydroxylation sites is 1. The number of nitrogens with one attached hydrogen (secondary N) is 1. The highest BCUT2D eigenvalue weighted by Crippen LogP contribution is 2.36. The van der Waals surface area contributed by atoms with Crippen molar-refractivity contribution in [1.82, 2.24) is 0 Å². The SMILES string of the molecule is CCC1CCC(C#N)(Nc2ccccc2F)CC1. The number of benzene rings is 1. The Balaban J connectivity index is 2.11. The minimum Gasteiger partial charge on any atom is -0.365 e. The van der Waals surface area contributed by atoms with Crippen LogP contribution in [0.3, 0.4) is 0 Å². The largest absolute Gasteiger partial charge is 0.365 e. The van der Waals surface area contributed by atoms with Crippen molar-refractivity contribution >= 4 is 5.69 Å². The molecule has 0 radical (unpaired) electrons. The highest BCUT2D eigenvalue weighted by Gasteiger charge is 2.35. The number of nitrogens with zero attached hydrogens (tertiary/aromatic N) is 1. The van der Waals surface area contributed by atoms with E-state index in [2.05, 4.69) is 18.3 Å². The average Bonchev–Trinajstić information content (AvgIpc) is 2.42. The van der Waals surface area contributed by atoms with Crippen LogP contribution in [0.5, 0.6) is 0 Å². The van der Waals surface area contributed by atoms with Gasteiger partial charge in [-0.1, -0.05) is 25.5 Å². The summed E-state index contributed by atoms with van der Waals surface area (Å²) < 4.78 is 13.6. The summed E-state index contributed by atoms with van der Waals surface area (Å²) in [6.45, 7) is 2.19. The zero-order valence-electron chi connectivity index (χ0n) is 10.7. The Morgan fingerprint density at radius 1 is 1.39 bits per heavy atom. The number of hydrogen-bond acceptors (Lipinski definition) is 2. The predicted molar refractivity (Wildman–Crippen MR) is 70.6 cm³/mol. The van der Waals surface area contributed by atoms with E-state index in [1.54, 1.807) is 18.2 Å². The first kappa shape index (κ1) is 12.9. The molecule has 0 spiro atoms. The zero-order chi connectivity index (χ0) is 13.0. The first-order valence-electron chi connectivity index (χ1n) is 6.63. The molecule has 1 saturated carbocycles. The van der Waals surface area contributed by atoms with Crippen molar-refractivity contribution in [2.75, 3.05) is 5.32 Å². The van der Waals surface area contributed by atoms with Crippen molar-refractivity contribution in [3.8, 4) is 6.07 Å². The lowest BCUT2D eigenvalue weighted by atomic mass is 9.76. The van der Waals surface area contributed by atoms with Gasteiger partial charge in [0.25, 0.3) is 0 Å². The number of rotatable bonds is 3. The molecule has 2 nitrogen and oxygen atoms in total. The van der Waals surface area contributed by atoms with Crippen molar-refractivity contribution in [3.63, 3.8) is 0 Å². The fourth-order valence-electron chi connectivity index (χ4n) is 2.66. The van der Waals surface area contributed by atoms with Gasteiger partial charge in [0.05, 0.1) is 11.8 Å². The van der Waals surface area contributed by atoms with Crippen LogP contribution in [-0.4, -0.2) is 5.54 Å². The quantitative estimate of drug-likeness (QED) is 0.871. The van der Waals surface area contributed by atoms with Crippen molar-refractivity contribution in [3.05, 3.63) is 30.1 Å². The van der Waals surface area contributed by atoms with E-state index in [1.165, 1.54) is 12.5 Å². The van der Waals surface area contributed by atoms with Crippen LogP contribution in [-0.2, 0) is 0 Å². The van der Waals surface area contributed by atoms with E-state index in [4.69, 9.17) is 0 Å². The topological polar surface area (TPSA) is 35.8 Å². The summed E-state index contributed by atoms with van der Waals surface area (Å²) in [6.07, 6.45) is 4.87. The summed E-state index contributed by atoms with van der Waals surface area (Å²) in [5.41, 5.74) is -0.151. The van der Waals surface area contributed by atoms with Crippen LogP contribution >= 0.6 is 0 Å². The third kappa shape index (κ3) is 2.64. The lowest BCUT2D eigenvalue weighted by molar-refractivity contribution is 0.290. The summed E-state index contributed by atoms with van der Waals surface area (Å²) in [7, 11) is 0. The molecule has 1 aromatic carbocycles. The first-order valence-corrected chi connectivity index (χ1v) is 6.63. The van der Waals surface area contributed by atoms with E-state index >= 15 is 0 Å². The molecule has 0 saturated heterocycles. The fourth-order valence-corrected chi connectivity index (χ4v) is 2.66. The van der Waals surface area contributed by atoms with Crippen LogP contribution in [0.2, 0.25) is 0 Å². The van der Waals surface area contributed by atoms with Crippen LogP contribution in [0.15, 0.2) is 24.3 Å². The second-order valence-electron chi connectivity index (χ2n) is 5.15. The normalized spacial score (nSPS) is 27.5. The van der Waals surface area contributed by atoms with Crippen LogP contribution in [0, 0.1) is 23.1 Å². The second kappa shape index (κ2) is 5.39. The van der Waals surface area contributed by atoms with Gasteiger partial charge >= 0.3 is 0 Å². The molecule has 0 atom stereocenters. The molecular formula is C15H19FN2. The molecule has 1 aromatic rings. The summed E-state index contributed by atoms with van der Waals surface area (Å²) in [5.74, 6) is 0.429. The number of anilines is 1. The summed E-state index contributed by atoms with van der Waals surface area (Å²) in [6, 6.07) is 8.92. The van der Waals surface area contributed by atoms with E-state index in [0.717, 1.165) is 25.7 Å². The van der Waals surface area contributed by atoms with Gasteiger partial charge < -0.3 is 5.32 Å². The molecule has 18 heavy (non-hydrogen) atoms. The highest BCUT2D eigenvalue weighted by molar-refractivity contribution is 5.49. The Labute approximate surface area is 108 Å². The minimum atomic E-state index is -0.589. The average molecular weight is 246 g/mol. The van der Waals surface area contributed by atoms with Gasteiger partial charge in [0, 0.05) is 0 Å². The lowest BCUT2D eigenvalue weighted by Crippen LogP contribution is -2.40. The van der Waals surface area contributed by atoms with Gasteiger partial charge in [0.15, 0.2) is 0 Å². The second-order valence-corrected chi connectivity index (χ2v) is 5.15. The van der Waals surface area contributed by atoms with Gasteiger partial charge in [0.1, 0.15) is 11.4 Å². The number of nitriles is 1. The molecule has 1 aliphatic carbocycles. The Hall–Kier alpha value is -1.56. The van der Waals surface area contributed by atoms with Crippen molar-refractivity contribution in [1.29, 1.82) is 5.26 Å². The van der Waals surface area contributed by atoms with Gasteiger partial charge in [-0.25, -0.2) is 4.39 Å². The summed E-state index contributed by atoms with van der Waals surface area (Å²) >= 11 is 0. The fraction of sp³-hybridized carbons (Fsp3) is 0.533. The van der Waals surface area contributed by atoms with Crippen LogP contribution < -0.4 is 5.32 Å². The first-order chi connectivity index (χ1) is 8.69. The molecule has 1 fully saturated rings. The van der Waals surface area contributed by atoms with Gasteiger partial charge in [-0.3, -0.25) is 0 Å². The van der Waals surface area contributed by atoms with E-state index in [9.17, 15) is 9.65 Å². The molecule has 1 N–H and O–H groups in total. The predicted octanol–water partition coefficient (Wildman–Crippen LogP) is 4.10. The molecule has 1 aliphatic rings. The molecule has 0 amide bonds. The van der Waals surface area contributed by atoms with Crippen molar-refractivity contribution in [2.45, 2.75) is 44.6 Å². The van der Waals surface area contributed by atoms with Gasteiger partial charge in [0.2, 0.25) is 0 Å². The van der Waals surface area contributed by atoms with E-state index < -0.39 is 5.54 Å².